The molecule has 58 valence electrons. The highest BCUT2D eigenvalue weighted by Crippen LogP contribution is 2.15. The van der Waals surface area contributed by atoms with E-state index >= 15 is 0 Å². The molecule has 0 aromatic rings. The van der Waals surface area contributed by atoms with Crippen LogP contribution < -0.4 is 0 Å². The molecule has 0 aromatic carbocycles. The Kier molecular flexibility index (Phi) is 6.27. The van der Waals surface area contributed by atoms with Gasteiger partial charge in [-0.05, 0) is 12.3 Å². The van der Waals surface area contributed by atoms with E-state index in [0.29, 0.717) is 5.92 Å². The lowest BCUT2D eigenvalue weighted by atomic mass is 9.97. The third kappa shape index (κ3) is 4.38. The number of unbranched alkanes of at least 4 members (excludes halogenated alkanes) is 1. The SMILES string of the molecule is CCCC[C@H](CC)CC#N. The zero-order chi connectivity index (χ0) is 7.82. The van der Waals surface area contributed by atoms with Crippen LogP contribution >= 0.6 is 0 Å². The third-order valence-corrected chi connectivity index (χ3v) is 1.92. The second kappa shape index (κ2) is 6.61. The normalized spacial score (nSPS) is 12.5. The molecule has 0 unspecified atom stereocenters. The molecule has 0 bridgehead atoms. The highest BCUT2D eigenvalue weighted by atomic mass is 14.2. The fourth-order valence-corrected chi connectivity index (χ4v) is 1.07. The Bertz CT molecular complexity index is 102. The fraction of sp³-hybridized carbons (Fsp3) is 0.889. The first kappa shape index (κ1) is 9.49. The summed E-state index contributed by atoms with van der Waals surface area (Å²) >= 11 is 0. The van der Waals surface area contributed by atoms with E-state index in [2.05, 4.69) is 19.9 Å². The molecular formula is C9H17N. The van der Waals surface area contributed by atoms with Crippen molar-refractivity contribution in [3.8, 4) is 6.07 Å². The Balaban J connectivity index is 3.32. The van der Waals surface area contributed by atoms with E-state index in [-0.39, 0.29) is 0 Å². The van der Waals surface area contributed by atoms with Crippen molar-refractivity contribution in [2.75, 3.05) is 0 Å². The smallest absolute Gasteiger partial charge is 0.0624 e. The predicted molar refractivity (Wildman–Crippen MR) is 43.5 cm³/mol. The molecule has 0 aromatic heterocycles. The van der Waals surface area contributed by atoms with Gasteiger partial charge in [0.1, 0.15) is 0 Å². The lowest BCUT2D eigenvalue weighted by Crippen LogP contribution is -1.96. The maximum atomic E-state index is 8.42. The maximum Gasteiger partial charge on any atom is 0.0624 e. The first-order chi connectivity index (χ1) is 4.85. The van der Waals surface area contributed by atoms with E-state index in [1.54, 1.807) is 0 Å². The van der Waals surface area contributed by atoms with Crippen LogP contribution in [0.5, 0.6) is 0 Å². The molecule has 0 N–H and O–H groups in total. The largest absolute Gasteiger partial charge is 0.198 e. The van der Waals surface area contributed by atoms with Crippen LogP contribution in [0, 0.1) is 17.2 Å². The molecule has 0 aliphatic rings. The van der Waals surface area contributed by atoms with Gasteiger partial charge in [0.15, 0.2) is 0 Å². The first-order valence-electron chi connectivity index (χ1n) is 4.22. The molecular weight excluding hydrogens is 122 g/mol. The summed E-state index contributed by atoms with van der Waals surface area (Å²) in [5, 5.41) is 8.42. The maximum absolute atomic E-state index is 8.42. The molecule has 0 saturated carbocycles. The lowest BCUT2D eigenvalue weighted by molar-refractivity contribution is 0.460. The summed E-state index contributed by atoms with van der Waals surface area (Å²) in [4.78, 5) is 0. The van der Waals surface area contributed by atoms with Gasteiger partial charge >= 0.3 is 0 Å². The fourth-order valence-electron chi connectivity index (χ4n) is 1.07. The average Bonchev–Trinajstić information content (AvgIpc) is 1.98. The van der Waals surface area contributed by atoms with Crippen molar-refractivity contribution in [3.63, 3.8) is 0 Å². The van der Waals surface area contributed by atoms with E-state index in [1.807, 2.05) is 0 Å². The molecule has 1 nitrogen and oxygen atoms in total. The zero-order valence-electron chi connectivity index (χ0n) is 7.06. The van der Waals surface area contributed by atoms with Crippen LogP contribution in [0.3, 0.4) is 0 Å². The minimum absolute atomic E-state index is 0.657. The summed E-state index contributed by atoms with van der Waals surface area (Å²) in [6.07, 6.45) is 5.67. The van der Waals surface area contributed by atoms with Crippen molar-refractivity contribution >= 4 is 0 Å². The van der Waals surface area contributed by atoms with Gasteiger partial charge in [0.05, 0.1) is 6.07 Å². The molecule has 1 atom stereocenters. The highest BCUT2D eigenvalue weighted by molar-refractivity contribution is 4.74. The summed E-state index contributed by atoms with van der Waals surface area (Å²) in [6.45, 7) is 4.36. The summed E-state index contributed by atoms with van der Waals surface area (Å²) in [5.41, 5.74) is 0. The monoisotopic (exact) mass is 139 g/mol. The van der Waals surface area contributed by atoms with Crippen molar-refractivity contribution in [1.82, 2.24) is 0 Å². The van der Waals surface area contributed by atoms with Crippen molar-refractivity contribution in [2.45, 2.75) is 46.0 Å². The second-order valence-electron chi connectivity index (χ2n) is 2.78. The van der Waals surface area contributed by atoms with Crippen LogP contribution in [0.25, 0.3) is 0 Å². The Morgan fingerprint density at radius 1 is 1.40 bits per heavy atom. The average molecular weight is 139 g/mol. The Hall–Kier alpha value is -0.510. The topological polar surface area (TPSA) is 23.8 Å². The molecule has 10 heavy (non-hydrogen) atoms. The van der Waals surface area contributed by atoms with E-state index in [1.165, 1.54) is 19.3 Å². The Morgan fingerprint density at radius 3 is 2.50 bits per heavy atom. The van der Waals surface area contributed by atoms with E-state index in [0.717, 1.165) is 12.8 Å². The Morgan fingerprint density at radius 2 is 2.10 bits per heavy atom. The zero-order valence-corrected chi connectivity index (χ0v) is 7.06. The van der Waals surface area contributed by atoms with Gasteiger partial charge in [-0.3, -0.25) is 0 Å². The minimum atomic E-state index is 0.657. The van der Waals surface area contributed by atoms with E-state index < -0.39 is 0 Å². The number of rotatable bonds is 5. The summed E-state index contributed by atoms with van der Waals surface area (Å²) in [5.74, 6) is 0.657. The third-order valence-electron chi connectivity index (χ3n) is 1.92. The number of hydrogen-bond acceptors (Lipinski definition) is 1. The van der Waals surface area contributed by atoms with Crippen molar-refractivity contribution < 1.29 is 0 Å². The predicted octanol–water partition coefficient (Wildman–Crippen LogP) is 3.12. The number of hydrogen-bond donors (Lipinski definition) is 0. The molecule has 0 heterocycles. The van der Waals surface area contributed by atoms with Crippen LogP contribution in [0.1, 0.15) is 46.0 Å². The Labute approximate surface area is 64.1 Å². The molecule has 0 saturated heterocycles. The molecule has 0 radical (unpaired) electrons. The van der Waals surface area contributed by atoms with Crippen molar-refractivity contribution in [2.24, 2.45) is 5.92 Å². The van der Waals surface area contributed by atoms with Gasteiger partial charge in [-0.25, -0.2) is 0 Å². The molecule has 0 fully saturated rings. The van der Waals surface area contributed by atoms with E-state index in [9.17, 15) is 0 Å². The summed E-state index contributed by atoms with van der Waals surface area (Å²) in [7, 11) is 0. The van der Waals surface area contributed by atoms with Gasteiger partial charge in [-0.15, -0.1) is 0 Å². The van der Waals surface area contributed by atoms with Gasteiger partial charge in [0.25, 0.3) is 0 Å². The lowest BCUT2D eigenvalue weighted by Gasteiger charge is -2.08. The molecule has 0 amide bonds. The molecule has 0 rings (SSSR count). The highest BCUT2D eigenvalue weighted by Gasteiger charge is 2.03. The van der Waals surface area contributed by atoms with Crippen LogP contribution in [0.4, 0.5) is 0 Å². The van der Waals surface area contributed by atoms with Gasteiger partial charge in [0, 0.05) is 6.42 Å². The molecule has 0 aliphatic heterocycles. The molecule has 0 aliphatic carbocycles. The van der Waals surface area contributed by atoms with Crippen molar-refractivity contribution in [3.05, 3.63) is 0 Å². The van der Waals surface area contributed by atoms with Crippen LogP contribution in [-0.2, 0) is 0 Å². The molecule has 0 spiro atoms. The number of nitriles is 1. The van der Waals surface area contributed by atoms with E-state index in [4.69, 9.17) is 5.26 Å². The van der Waals surface area contributed by atoms with Gasteiger partial charge in [-0.1, -0.05) is 33.1 Å². The standard InChI is InChI=1S/C9H17N/c1-3-5-6-9(4-2)7-8-10/h9H,3-7H2,1-2H3/t9-/m0/s1. The van der Waals surface area contributed by atoms with Crippen LogP contribution in [0.15, 0.2) is 0 Å². The number of nitrogens with zero attached hydrogens (tertiary/aromatic N) is 1. The second-order valence-corrected chi connectivity index (χ2v) is 2.78. The van der Waals surface area contributed by atoms with Gasteiger partial charge < -0.3 is 0 Å². The molecule has 1 heteroatoms. The van der Waals surface area contributed by atoms with Gasteiger partial charge in [0.2, 0.25) is 0 Å². The summed E-state index contributed by atoms with van der Waals surface area (Å²) in [6, 6.07) is 2.23. The van der Waals surface area contributed by atoms with Crippen LogP contribution in [-0.4, -0.2) is 0 Å². The first-order valence-corrected chi connectivity index (χ1v) is 4.22. The summed E-state index contributed by atoms with van der Waals surface area (Å²) < 4.78 is 0. The van der Waals surface area contributed by atoms with Gasteiger partial charge in [-0.2, -0.15) is 5.26 Å². The van der Waals surface area contributed by atoms with Crippen molar-refractivity contribution in [1.29, 1.82) is 5.26 Å². The van der Waals surface area contributed by atoms with Crippen LogP contribution in [0.2, 0.25) is 0 Å². The quantitative estimate of drug-likeness (QED) is 0.574. The minimum Gasteiger partial charge on any atom is -0.198 e.